The Morgan fingerprint density at radius 2 is 2.05 bits per heavy atom. The van der Waals surface area contributed by atoms with Gasteiger partial charge in [0.1, 0.15) is 5.75 Å². The van der Waals surface area contributed by atoms with Crippen LogP contribution in [0.5, 0.6) is 5.75 Å². The molecule has 2 rings (SSSR count). The molecule has 110 valence electrons. The van der Waals surface area contributed by atoms with E-state index in [0.717, 1.165) is 22.8 Å². The lowest BCUT2D eigenvalue weighted by atomic mass is 10.2. The van der Waals surface area contributed by atoms with Crippen molar-refractivity contribution in [3.63, 3.8) is 0 Å². The van der Waals surface area contributed by atoms with Crippen LogP contribution in [-0.4, -0.2) is 12.9 Å². The van der Waals surface area contributed by atoms with E-state index < -0.39 is 0 Å². The summed E-state index contributed by atoms with van der Waals surface area (Å²) in [5, 5.41) is 4.14. The Bertz CT molecular complexity index is 615. The van der Waals surface area contributed by atoms with Crippen molar-refractivity contribution < 1.29 is 4.74 Å². The molecular weight excluding hydrogens is 302 g/mol. The van der Waals surface area contributed by atoms with E-state index in [-0.39, 0.29) is 0 Å². The van der Waals surface area contributed by atoms with E-state index >= 15 is 0 Å². The fraction of sp³-hybridized carbons (Fsp3) is 0.176. The Morgan fingerprint density at radius 3 is 2.81 bits per heavy atom. The number of nitrogens with one attached hydrogen (secondary N) is 1. The van der Waals surface area contributed by atoms with Crippen LogP contribution in [0.15, 0.2) is 60.0 Å². The number of ether oxygens (including phenoxy) is 1. The van der Waals surface area contributed by atoms with Gasteiger partial charge in [0.05, 0.1) is 7.11 Å². The fourth-order valence-electron chi connectivity index (χ4n) is 1.97. The minimum Gasteiger partial charge on any atom is -0.496 e. The molecule has 2 nitrogen and oxygen atoms in total. The molecule has 0 bridgehead atoms. The fourth-order valence-corrected chi connectivity index (χ4v) is 2.97. The summed E-state index contributed by atoms with van der Waals surface area (Å²) in [5.74, 6) is 1.68. The first-order valence-corrected chi connectivity index (χ1v) is 8.00. The number of thioether (sulfide) groups is 1. The van der Waals surface area contributed by atoms with Crippen LogP contribution in [0.4, 0.5) is 5.69 Å². The molecule has 0 aromatic heterocycles. The van der Waals surface area contributed by atoms with E-state index in [9.17, 15) is 0 Å². The monoisotopic (exact) mass is 319 g/mol. The van der Waals surface area contributed by atoms with Crippen molar-refractivity contribution in [3.05, 3.63) is 65.7 Å². The van der Waals surface area contributed by atoms with Crippen LogP contribution in [0.3, 0.4) is 0 Å². The van der Waals surface area contributed by atoms with Gasteiger partial charge >= 0.3 is 0 Å². The second kappa shape index (κ2) is 8.01. The third-order valence-corrected chi connectivity index (χ3v) is 4.42. The summed E-state index contributed by atoms with van der Waals surface area (Å²) in [6.07, 6.45) is 1.90. The molecule has 21 heavy (non-hydrogen) atoms. The molecule has 4 heteroatoms. The number of rotatable bonds is 7. The Labute approximate surface area is 135 Å². The predicted molar refractivity (Wildman–Crippen MR) is 92.7 cm³/mol. The Kier molecular flexibility index (Phi) is 6.03. The molecule has 0 aliphatic rings. The molecule has 0 spiro atoms. The topological polar surface area (TPSA) is 21.3 Å². The number of anilines is 1. The second-order valence-electron chi connectivity index (χ2n) is 4.37. The van der Waals surface area contributed by atoms with E-state index in [0.29, 0.717) is 11.6 Å². The molecule has 0 radical (unpaired) electrons. The van der Waals surface area contributed by atoms with Crippen molar-refractivity contribution in [2.24, 2.45) is 0 Å². The highest BCUT2D eigenvalue weighted by Crippen LogP contribution is 2.30. The maximum absolute atomic E-state index is 6.26. The van der Waals surface area contributed by atoms with Gasteiger partial charge in [0.2, 0.25) is 0 Å². The van der Waals surface area contributed by atoms with Crippen LogP contribution >= 0.6 is 23.4 Å². The molecule has 0 heterocycles. The number of halogens is 1. The highest BCUT2D eigenvalue weighted by molar-refractivity contribution is 7.99. The smallest absolute Gasteiger partial charge is 0.125 e. The molecule has 0 saturated heterocycles. The van der Waals surface area contributed by atoms with Gasteiger partial charge in [-0.15, -0.1) is 18.3 Å². The van der Waals surface area contributed by atoms with Crippen molar-refractivity contribution in [1.82, 2.24) is 0 Å². The number of para-hydroxylation sites is 1. The molecule has 0 amide bonds. The lowest BCUT2D eigenvalue weighted by molar-refractivity contribution is 0.410. The van der Waals surface area contributed by atoms with Crippen LogP contribution in [-0.2, 0) is 6.54 Å². The summed E-state index contributed by atoms with van der Waals surface area (Å²) < 4.78 is 5.37. The summed E-state index contributed by atoms with van der Waals surface area (Å²) in [4.78, 5) is 1.20. The van der Waals surface area contributed by atoms with Gasteiger partial charge in [-0.25, -0.2) is 0 Å². The van der Waals surface area contributed by atoms with E-state index in [4.69, 9.17) is 16.3 Å². The van der Waals surface area contributed by atoms with Gasteiger partial charge in [-0.2, -0.15) is 0 Å². The number of hydrogen-bond acceptors (Lipinski definition) is 3. The molecular formula is C17H18ClNOS. The van der Waals surface area contributed by atoms with E-state index in [1.807, 2.05) is 36.4 Å². The molecule has 2 aromatic carbocycles. The van der Waals surface area contributed by atoms with Crippen LogP contribution in [0.1, 0.15) is 5.56 Å². The van der Waals surface area contributed by atoms with E-state index in [1.165, 1.54) is 4.90 Å². The SMILES string of the molecule is C=CCSc1ccccc1NCc1c(Cl)cccc1OC. The molecule has 1 N–H and O–H groups in total. The third kappa shape index (κ3) is 4.19. The first-order valence-electron chi connectivity index (χ1n) is 6.64. The van der Waals surface area contributed by atoms with Gasteiger partial charge < -0.3 is 10.1 Å². The maximum Gasteiger partial charge on any atom is 0.125 e. The largest absolute Gasteiger partial charge is 0.496 e. The van der Waals surface area contributed by atoms with Crippen molar-refractivity contribution in [1.29, 1.82) is 0 Å². The van der Waals surface area contributed by atoms with Crippen LogP contribution < -0.4 is 10.1 Å². The summed E-state index contributed by atoms with van der Waals surface area (Å²) in [6.45, 7) is 4.38. The van der Waals surface area contributed by atoms with Crippen molar-refractivity contribution >= 4 is 29.1 Å². The maximum atomic E-state index is 6.26. The number of hydrogen-bond donors (Lipinski definition) is 1. The molecule has 0 aliphatic heterocycles. The normalized spacial score (nSPS) is 10.2. The lowest BCUT2D eigenvalue weighted by Gasteiger charge is -2.14. The van der Waals surface area contributed by atoms with Gasteiger partial charge in [0.15, 0.2) is 0 Å². The standard InChI is InChI=1S/C17H18ClNOS/c1-3-11-21-17-10-5-4-8-15(17)19-12-13-14(18)7-6-9-16(13)20-2/h3-10,19H,1,11-12H2,2H3. The summed E-state index contributed by atoms with van der Waals surface area (Å²) in [7, 11) is 1.66. The molecule has 0 fully saturated rings. The predicted octanol–water partition coefficient (Wildman–Crippen LogP) is 5.24. The summed E-state index contributed by atoms with van der Waals surface area (Å²) in [6, 6.07) is 13.9. The zero-order valence-electron chi connectivity index (χ0n) is 11.9. The van der Waals surface area contributed by atoms with Gasteiger partial charge in [-0.3, -0.25) is 0 Å². The second-order valence-corrected chi connectivity index (χ2v) is 5.84. The van der Waals surface area contributed by atoms with Gasteiger partial charge in [0, 0.05) is 33.5 Å². The number of methoxy groups -OCH3 is 1. The van der Waals surface area contributed by atoms with Crippen molar-refractivity contribution in [3.8, 4) is 5.75 Å². The Balaban J connectivity index is 2.15. The third-order valence-electron chi connectivity index (χ3n) is 3.00. The quantitative estimate of drug-likeness (QED) is 0.557. The first kappa shape index (κ1) is 15.8. The highest BCUT2D eigenvalue weighted by Gasteiger charge is 2.08. The molecule has 0 unspecified atom stereocenters. The van der Waals surface area contributed by atoms with E-state index in [1.54, 1.807) is 18.9 Å². The van der Waals surface area contributed by atoms with Crippen molar-refractivity contribution in [2.45, 2.75) is 11.4 Å². The zero-order valence-corrected chi connectivity index (χ0v) is 13.5. The average Bonchev–Trinajstić information content (AvgIpc) is 2.52. The van der Waals surface area contributed by atoms with Crippen LogP contribution in [0.2, 0.25) is 5.02 Å². The molecule has 0 saturated carbocycles. The minimum absolute atomic E-state index is 0.620. The van der Waals surface area contributed by atoms with Gasteiger partial charge in [-0.05, 0) is 24.3 Å². The minimum atomic E-state index is 0.620. The molecule has 0 atom stereocenters. The summed E-state index contributed by atoms with van der Waals surface area (Å²) in [5.41, 5.74) is 2.05. The zero-order chi connectivity index (χ0) is 15.1. The lowest BCUT2D eigenvalue weighted by Crippen LogP contribution is -2.03. The average molecular weight is 320 g/mol. The number of benzene rings is 2. The summed E-state index contributed by atoms with van der Waals surface area (Å²) >= 11 is 8.01. The van der Waals surface area contributed by atoms with Gasteiger partial charge in [0.25, 0.3) is 0 Å². The Morgan fingerprint density at radius 1 is 1.24 bits per heavy atom. The highest BCUT2D eigenvalue weighted by atomic mass is 35.5. The molecule has 2 aromatic rings. The first-order chi connectivity index (χ1) is 10.3. The Hall–Kier alpha value is -1.58. The molecule has 0 aliphatic carbocycles. The van der Waals surface area contributed by atoms with Crippen LogP contribution in [0.25, 0.3) is 0 Å². The van der Waals surface area contributed by atoms with Crippen LogP contribution in [0, 0.1) is 0 Å². The van der Waals surface area contributed by atoms with Gasteiger partial charge in [-0.1, -0.05) is 35.9 Å². The van der Waals surface area contributed by atoms with E-state index in [2.05, 4.69) is 24.0 Å². The van der Waals surface area contributed by atoms with Crippen molar-refractivity contribution in [2.75, 3.05) is 18.2 Å².